The zero-order valence-electron chi connectivity index (χ0n) is 12.4. The van der Waals surface area contributed by atoms with Gasteiger partial charge < -0.3 is 10.1 Å². The normalized spacial score (nSPS) is 11.2. The first kappa shape index (κ1) is 16.2. The molecule has 2 rings (SSSR count). The summed E-state index contributed by atoms with van der Waals surface area (Å²) in [4.78, 5) is 12.4. The zero-order chi connectivity index (χ0) is 16.2. The lowest BCUT2D eigenvalue weighted by molar-refractivity contribution is 0.102. The Morgan fingerprint density at radius 1 is 1.14 bits per heavy atom. The van der Waals surface area contributed by atoms with Gasteiger partial charge in [0.25, 0.3) is 5.91 Å². The zero-order valence-corrected chi connectivity index (χ0v) is 13.2. The topological polar surface area (TPSA) is 72.5 Å². The highest BCUT2D eigenvalue weighted by Crippen LogP contribution is 2.18. The van der Waals surface area contributed by atoms with Gasteiger partial charge in [0, 0.05) is 19.1 Å². The first-order chi connectivity index (χ1) is 10.4. The minimum Gasteiger partial charge on any atom is -0.380 e. The van der Waals surface area contributed by atoms with Gasteiger partial charge in [-0.1, -0.05) is 24.3 Å². The van der Waals surface area contributed by atoms with Crippen LogP contribution in [0.2, 0.25) is 0 Å². The van der Waals surface area contributed by atoms with E-state index in [1.54, 1.807) is 37.4 Å². The van der Waals surface area contributed by atoms with E-state index in [9.17, 15) is 13.2 Å². The summed E-state index contributed by atoms with van der Waals surface area (Å²) in [6, 6.07) is 13.3. The lowest BCUT2D eigenvalue weighted by atomic mass is 10.2. The Kier molecular flexibility index (Phi) is 4.95. The average Bonchev–Trinajstić information content (AvgIpc) is 2.47. The first-order valence-corrected chi connectivity index (χ1v) is 8.49. The molecule has 1 amide bonds. The van der Waals surface area contributed by atoms with Crippen molar-refractivity contribution in [3.05, 3.63) is 59.7 Å². The van der Waals surface area contributed by atoms with Gasteiger partial charge in [0.1, 0.15) is 0 Å². The Labute approximate surface area is 129 Å². The summed E-state index contributed by atoms with van der Waals surface area (Å²) in [6.07, 6.45) is 1.08. The summed E-state index contributed by atoms with van der Waals surface area (Å²) < 4.78 is 28.6. The molecule has 0 radical (unpaired) electrons. The van der Waals surface area contributed by atoms with Crippen molar-refractivity contribution in [3.8, 4) is 0 Å². The van der Waals surface area contributed by atoms with Crippen molar-refractivity contribution in [1.82, 2.24) is 0 Å². The number of anilines is 1. The summed E-state index contributed by atoms with van der Waals surface area (Å²) in [6.45, 7) is 0.434. The van der Waals surface area contributed by atoms with E-state index in [0.717, 1.165) is 11.8 Å². The van der Waals surface area contributed by atoms with Gasteiger partial charge in [-0.05, 0) is 29.8 Å². The summed E-state index contributed by atoms with van der Waals surface area (Å²) >= 11 is 0. The molecule has 0 saturated heterocycles. The number of methoxy groups -OCH3 is 1. The summed E-state index contributed by atoms with van der Waals surface area (Å²) in [5.41, 5.74) is 1.63. The van der Waals surface area contributed by atoms with Gasteiger partial charge in [0.05, 0.1) is 17.1 Å². The molecule has 0 saturated carbocycles. The van der Waals surface area contributed by atoms with Crippen LogP contribution in [-0.2, 0) is 21.2 Å². The van der Waals surface area contributed by atoms with Gasteiger partial charge in [0.2, 0.25) is 0 Å². The highest BCUT2D eigenvalue weighted by Gasteiger charge is 2.18. The van der Waals surface area contributed by atoms with E-state index in [4.69, 9.17) is 4.74 Å². The average molecular weight is 319 g/mol. The molecule has 0 unspecified atom stereocenters. The quantitative estimate of drug-likeness (QED) is 0.919. The first-order valence-electron chi connectivity index (χ1n) is 6.60. The fourth-order valence-electron chi connectivity index (χ4n) is 2.08. The minimum absolute atomic E-state index is 0.0144. The van der Waals surface area contributed by atoms with E-state index in [-0.39, 0.29) is 10.5 Å². The fraction of sp³-hybridized carbons (Fsp3) is 0.188. The monoisotopic (exact) mass is 319 g/mol. The van der Waals surface area contributed by atoms with Crippen molar-refractivity contribution < 1.29 is 17.9 Å². The SMILES string of the molecule is COCc1cccc(NC(=O)c2ccccc2S(C)(=O)=O)c1. The molecule has 2 aromatic rings. The molecule has 0 aliphatic heterocycles. The second-order valence-electron chi connectivity index (χ2n) is 4.86. The molecular weight excluding hydrogens is 302 g/mol. The summed E-state index contributed by atoms with van der Waals surface area (Å²) in [7, 11) is -1.88. The van der Waals surface area contributed by atoms with E-state index < -0.39 is 15.7 Å². The number of carbonyl (C=O) groups is 1. The molecule has 6 heteroatoms. The second-order valence-corrected chi connectivity index (χ2v) is 6.84. The van der Waals surface area contributed by atoms with E-state index in [1.165, 1.54) is 12.1 Å². The molecule has 2 aromatic carbocycles. The molecule has 116 valence electrons. The third kappa shape index (κ3) is 3.93. The third-order valence-corrected chi connectivity index (χ3v) is 4.18. The van der Waals surface area contributed by atoms with Crippen LogP contribution in [0.4, 0.5) is 5.69 Å². The van der Waals surface area contributed by atoms with Gasteiger partial charge in [-0.3, -0.25) is 4.79 Å². The van der Waals surface area contributed by atoms with Crippen molar-refractivity contribution in [1.29, 1.82) is 0 Å². The lowest BCUT2D eigenvalue weighted by Gasteiger charge is -2.10. The minimum atomic E-state index is -3.47. The predicted octanol–water partition coefficient (Wildman–Crippen LogP) is 2.49. The Morgan fingerprint density at radius 3 is 2.55 bits per heavy atom. The standard InChI is InChI=1S/C16H17NO4S/c1-21-11-12-6-5-7-13(10-12)17-16(18)14-8-3-4-9-15(14)22(2,19)20/h3-10H,11H2,1-2H3,(H,17,18). The number of nitrogens with one attached hydrogen (secondary N) is 1. The van der Waals surface area contributed by atoms with Crippen LogP contribution in [-0.4, -0.2) is 27.7 Å². The molecule has 0 heterocycles. The van der Waals surface area contributed by atoms with Gasteiger partial charge in [-0.25, -0.2) is 8.42 Å². The van der Waals surface area contributed by atoms with Gasteiger partial charge in [0.15, 0.2) is 9.84 Å². The number of ether oxygens (including phenoxy) is 1. The third-order valence-electron chi connectivity index (χ3n) is 3.03. The van der Waals surface area contributed by atoms with Crippen LogP contribution in [0.5, 0.6) is 0 Å². The molecular formula is C16H17NO4S. The van der Waals surface area contributed by atoms with Crippen molar-refractivity contribution in [3.63, 3.8) is 0 Å². The molecule has 0 spiro atoms. The number of amides is 1. The van der Waals surface area contributed by atoms with Gasteiger partial charge in [-0.2, -0.15) is 0 Å². The lowest BCUT2D eigenvalue weighted by Crippen LogP contribution is -2.16. The van der Waals surface area contributed by atoms with Gasteiger partial charge >= 0.3 is 0 Å². The van der Waals surface area contributed by atoms with Crippen LogP contribution in [0.3, 0.4) is 0 Å². The molecule has 22 heavy (non-hydrogen) atoms. The van der Waals surface area contributed by atoms with Crippen LogP contribution in [0.15, 0.2) is 53.4 Å². The van der Waals surface area contributed by atoms with Crippen molar-refractivity contribution >= 4 is 21.4 Å². The number of hydrogen-bond acceptors (Lipinski definition) is 4. The number of rotatable bonds is 5. The maximum absolute atomic E-state index is 12.3. The Morgan fingerprint density at radius 2 is 1.86 bits per heavy atom. The summed E-state index contributed by atoms with van der Waals surface area (Å²) in [5, 5.41) is 2.71. The number of hydrogen-bond donors (Lipinski definition) is 1. The van der Waals surface area contributed by atoms with Crippen LogP contribution in [0, 0.1) is 0 Å². The van der Waals surface area contributed by atoms with Crippen LogP contribution < -0.4 is 5.32 Å². The smallest absolute Gasteiger partial charge is 0.256 e. The van der Waals surface area contributed by atoms with E-state index in [1.807, 2.05) is 6.07 Å². The molecule has 5 nitrogen and oxygen atoms in total. The Hall–Kier alpha value is -2.18. The van der Waals surface area contributed by atoms with Crippen LogP contribution in [0.1, 0.15) is 15.9 Å². The second kappa shape index (κ2) is 6.72. The fourth-order valence-corrected chi connectivity index (χ4v) is 2.97. The summed E-state index contributed by atoms with van der Waals surface area (Å²) in [5.74, 6) is -0.462. The molecule has 0 bridgehead atoms. The molecule has 0 aliphatic rings. The van der Waals surface area contributed by atoms with E-state index >= 15 is 0 Å². The molecule has 0 atom stereocenters. The molecule has 0 aliphatic carbocycles. The Bertz CT molecular complexity index is 784. The predicted molar refractivity (Wildman–Crippen MR) is 84.7 cm³/mol. The Balaban J connectivity index is 2.29. The van der Waals surface area contributed by atoms with Crippen molar-refractivity contribution in [2.45, 2.75) is 11.5 Å². The number of sulfone groups is 1. The molecule has 0 aromatic heterocycles. The maximum atomic E-state index is 12.3. The van der Waals surface area contributed by atoms with Gasteiger partial charge in [-0.15, -0.1) is 0 Å². The van der Waals surface area contributed by atoms with E-state index in [0.29, 0.717) is 12.3 Å². The molecule has 0 fully saturated rings. The van der Waals surface area contributed by atoms with Crippen LogP contribution in [0.25, 0.3) is 0 Å². The molecule has 1 N–H and O–H groups in total. The number of benzene rings is 2. The van der Waals surface area contributed by atoms with E-state index in [2.05, 4.69) is 5.32 Å². The number of carbonyl (C=O) groups excluding carboxylic acids is 1. The largest absolute Gasteiger partial charge is 0.380 e. The highest BCUT2D eigenvalue weighted by atomic mass is 32.2. The van der Waals surface area contributed by atoms with Crippen molar-refractivity contribution in [2.24, 2.45) is 0 Å². The van der Waals surface area contributed by atoms with Crippen molar-refractivity contribution in [2.75, 3.05) is 18.7 Å². The van der Waals surface area contributed by atoms with Crippen LogP contribution >= 0.6 is 0 Å². The highest BCUT2D eigenvalue weighted by molar-refractivity contribution is 7.90. The maximum Gasteiger partial charge on any atom is 0.256 e.